The summed E-state index contributed by atoms with van der Waals surface area (Å²) in [5.41, 5.74) is 0. The molecule has 3 aliphatic rings. The smallest absolute Gasteiger partial charge is 0.137 e. The van der Waals surface area contributed by atoms with Gasteiger partial charge in [-0.1, -0.05) is 0 Å². The highest BCUT2D eigenvalue weighted by atomic mass is 16.5. The average Bonchev–Trinajstić information content (AvgIpc) is 3.22. The molecule has 3 aliphatic heterocycles. The molecule has 0 radical (unpaired) electrons. The predicted octanol–water partition coefficient (Wildman–Crippen LogP) is 0.462. The zero-order valence-electron chi connectivity index (χ0n) is 12.8. The summed E-state index contributed by atoms with van der Waals surface area (Å²) in [5.74, 6) is 0.804. The first-order chi connectivity index (χ1) is 10.3. The second-order valence-corrected chi connectivity index (χ2v) is 6.80. The molecule has 3 saturated heterocycles. The lowest BCUT2D eigenvalue weighted by Crippen LogP contribution is -2.49. The first kappa shape index (κ1) is 13.7. The highest BCUT2D eigenvalue weighted by molar-refractivity contribution is 4.97. The molecule has 0 aromatic carbocycles. The van der Waals surface area contributed by atoms with Crippen LogP contribution in [0.3, 0.4) is 0 Å². The summed E-state index contributed by atoms with van der Waals surface area (Å²) in [4.78, 5) is 9.33. The van der Waals surface area contributed by atoms with Gasteiger partial charge in [0.1, 0.15) is 12.7 Å². The Hall–Kier alpha value is -0.980. The fourth-order valence-electron chi connectivity index (χ4n) is 4.49. The number of piperidine rings is 1. The third-order valence-corrected chi connectivity index (χ3v) is 5.69. The minimum absolute atomic E-state index is 0.599. The maximum atomic E-state index is 5.56. The van der Waals surface area contributed by atoms with E-state index in [1.165, 1.54) is 32.4 Å². The van der Waals surface area contributed by atoms with E-state index in [-0.39, 0.29) is 0 Å². The topological polar surface area (TPSA) is 46.4 Å². The van der Waals surface area contributed by atoms with Crippen molar-refractivity contribution in [3.63, 3.8) is 0 Å². The largest absolute Gasteiger partial charge is 0.380 e. The van der Waals surface area contributed by atoms with Crippen molar-refractivity contribution in [3.05, 3.63) is 12.7 Å². The van der Waals surface area contributed by atoms with Crippen LogP contribution in [0.15, 0.2) is 12.7 Å². The third kappa shape index (κ3) is 2.60. The number of hydrogen-bond donors (Lipinski definition) is 0. The first-order valence-electron chi connectivity index (χ1n) is 8.17. The maximum absolute atomic E-state index is 5.56. The van der Waals surface area contributed by atoms with Crippen LogP contribution in [0.4, 0.5) is 0 Å². The minimum Gasteiger partial charge on any atom is -0.380 e. The van der Waals surface area contributed by atoms with Gasteiger partial charge in [-0.15, -0.1) is 0 Å². The lowest BCUT2D eigenvalue weighted by Gasteiger charge is -2.39. The highest BCUT2D eigenvalue weighted by Crippen LogP contribution is 2.36. The van der Waals surface area contributed by atoms with Crippen LogP contribution in [-0.4, -0.2) is 76.0 Å². The molecular formula is C15H25N5O. The summed E-state index contributed by atoms with van der Waals surface area (Å²) in [7, 11) is 2.29. The van der Waals surface area contributed by atoms with Crippen LogP contribution in [0.2, 0.25) is 0 Å². The van der Waals surface area contributed by atoms with Crippen LogP contribution in [-0.2, 0) is 11.3 Å². The van der Waals surface area contributed by atoms with E-state index in [4.69, 9.17) is 4.74 Å². The van der Waals surface area contributed by atoms with Crippen molar-refractivity contribution in [2.75, 3.05) is 33.4 Å². The summed E-state index contributed by atoms with van der Waals surface area (Å²) in [6.07, 6.45) is 7.26. The van der Waals surface area contributed by atoms with Gasteiger partial charge in [0.25, 0.3) is 0 Å². The van der Waals surface area contributed by atoms with Crippen LogP contribution >= 0.6 is 0 Å². The van der Waals surface area contributed by atoms with Crippen molar-refractivity contribution < 1.29 is 4.74 Å². The second kappa shape index (κ2) is 5.66. The normalized spacial score (nSPS) is 38.0. The molecule has 4 rings (SSSR count). The molecular weight excluding hydrogens is 266 g/mol. The molecule has 4 atom stereocenters. The molecule has 0 unspecified atom stereocenters. The summed E-state index contributed by atoms with van der Waals surface area (Å²) >= 11 is 0. The number of fused-ring (bicyclic) bond motifs is 1. The molecule has 116 valence electrons. The van der Waals surface area contributed by atoms with Crippen molar-refractivity contribution in [1.29, 1.82) is 0 Å². The second-order valence-electron chi connectivity index (χ2n) is 6.80. The van der Waals surface area contributed by atoms with Gasteiger partial charge in [0.2, 0.25) is 0 Å². The van der Waals surface area contributed by atoms with Crippen LogP contribution in [0, 0.1) is 5.92 Å². The van der Waals surface area contributed by atoms with Gasteiger partial charge >= 0.3 is 0 Å². The van der Waals surface area contributed by atoms with E-state index in [2.05, 4.69) is 26.9 Å². The summed E-state index contributed by atoms with van der Waals surface area (Å²) in [6.45, 7) is 5.34. The Bertz CT molecular complexity index is 459. The molecule has 1 aromatic rings. The molecule has 6 heteroatoms. The van der Waals surface area contributed by atoms with E-state index in [0.29, 0.717) is 12.1 Å². The van der Waals surface area contributed by atoms with Crippen LogP contribution in [0.1, 0.15) is 19.3 Å². The lowest BCUT2D eigenvalue weighted by molar-refractivity contribution is 0.0741. The van der Waals surface area contributed by atoms with Crippen molar-refractivity contribution >= 4 is 0 Å². The van der Waals surface area contributed by atoms with Gasteiger partial charge in [-0.3, -0.25) is 14.5 Å². The van der Waals surface area contributed by atoms with Crippen LogP contribution in [0.5, 0.6) is 0 Å². The Morgan fingerprint density at radius 2 is 2.29 bits per heavy atom. The van der Waals surface area contributed by atoms with Crippen molar-refractivity contribution in [1.82, 2.24) is 24.6 Å². The standard InChI is InChI=1S/C15H25N5O/c1-18-14(8-20-11-16-10-17-20)6-12-7-19(4-2-15(12)18)13-3-5-21-9-13/h10-15H,2-9H2,1H3/t12-,13+,14+,15+/m1/s1. The lowest BCUT2D eigenvalue weighted by atomic mass is 9.91. The molecule has 3 fully saturated rings. The van der Waals surface area contributed by atoms with Gasteiger partial charge < -0.3 is 4.74 Å². The van der Waals surface area contributed by atoms with Crippen molar-refractivity contribution in [2.24, 2.45) is 5.92 Å². The molecule has 6 nitrogen and oxygen atoms in total. The number of ether oxygens (including phenoxy) is 1. The van der Waals surface area contributed by atoms with Crippen LogP contribution in [0.25, 0.3) is 0 Å². The fourth-order valence-corrected chi connectivity index (χ4v) is 4.49. The molecule has 1 aromatic heterocycles. The first-order valence-corrected chi connectivity index (χ1v) is 8.17. The SMILES string of the molecule is CN1[C@H](Cn2cncn2)C[C@@H]2CN([C@H]3CCOC3)CC[C@@H]21. The maximum Gasteiger partial charge on any atom is 0.137 e. The fraction of sp³-hybridized carbons (Fsp3) is 0.867. The minimum atomic E-state index is 0.599. The van der Waals surface area contributed by atoms with E-state index in [1.54, 1.807) is 6.33 Å². The van der Waals surface area contributed by atoms with Crippen molar-refractivity contribution in [3.8, 4) is 0 Å². The number of nitrogens with zero attached hydrogens (tertiary/aromatic N) is 5. The molecule has 0 saturated carbocycles. The van der Waals surface area contributed by atoms with Crippen molar-refractivity contribution in [2.45, 2.75) is 43.9 Å². The Morgan fingerprint density at radius 3 is 3.05 bits per heavy atom. The number of rotatable bonds is 3. The number of aromatic nitrogens is 3. The zero-order valence-corrected chi connectivity index (χ0v) is 12.8. The van der Waals surface area contributed by atoms with Crippen LogP contribution < -0.4 is 0 Å². The quantitative estimate of drug-likeness (QED) is 0.810. The molecule has 0 amide bonds. The third-order valence-electron chi connectivity index (χ3n) is 5.69. The van der Waals surface area contributed by atoms with Gasteiger partial charge in [0.05, 0.1) is 13.2 Å². The van der Waals surface area contributed by atoms with E-state index in [0.717, 1.165) is 31.7 Å². The molecule has 21 heavy (non-hydrogen) atoms. The summed E-state index contributed by atoms with van der Waals surface area (Å²) in [5, 5.41) is 4.26. The monoisotopic (exact) mass is 291 g/mol. The Labute approximate surface area is 126 Å². The molecule has 0 spiro atoms. The van der Waals surface area contributed by atoms with Gasteiger partial charge in [-0.2, -0.15) is 5.10 Å². The number of hydrogen-bond acceptors (Lipinski definition) is 5. The molecule has 4 heterocycles. The van der Waals surface area contributed by atoms with Gasteiger partial charge in [0.15, 0.2) is 0 Å². The Kier molecular flexibility index (Phi) is 3.69. The Morgan fingerprint density at radius 1 is 1.33 bits per heavy atom. The highest BCUT2D eigenvalue weighted by Gasteiger charge is 2.43. The van der Waals surface area contributed by atoms with E-state index in [9.17, 15) is 0 Å². The zero-order chi connectivity index (χ0) is 14.2. The van der Waals surface area contributed by atoms with Gasteiger partial charge in [0, 0.05) is 37.8 Å². The predicted molar refractivity (Wildman–Crippen MR) is 78.9 cm³/mol. The molecule has 0 aliphatic carbocycles. The van der Waals surface area contributed by atoms with Gasteiger partial charge in [-0.05, 0) is 32.2 Å². The van der Waals surface area contributed by atoms with E-state index >= 15 is 0 Å². The average molecular weight is 291 g/mol. The van der Waals surface area contributed by atoms with E-state index in [1.807, 2.05) is 11.0 Å². The van der Waals surface area contributed by atoms with E-state index < -0.39 is 0 Å². The molecule has 0 N–H and O–H groups in total. The van der Waals surface area contributed by atoms with Gasteiger partial charge in [-0.25, -0.2) is 4.98 Å². The number of likely N-dealkylation sites (tertiary alicyclic amines) is 2. The molecule has 0 bridgehead atoms. The Balaban J connectivity index is 1.40. The number of likely N-dealkylation sites (N-methyl/N-ethyl adjacent to an activating group) is 1. The summed E-state index contributed by atoms with van der Waals surface area (Å²) in [6, 6.07) is 2.02. The summed E-state index contributed by atoms with van der Waals surface area (Å²) < 4.78 is 7.54.